The minimum atomic E-state index is -3.56. The summed E-state index contributed by atoms with van der Waals surface area (Å²) in [6.07, 6.45) is 0. The third-order valence-corrected chi connectivity index (χ3v) is 5.76. The van der Waals surface area contributed by atoms with Gasteiger partial charge in [-0.15, -0.1) is 0 Å². The second-order valence-corrected chi connectivity index (χ2v) is 8.25. The van der Waals surface area contributed by atoms with E-state index in [-0.39, 0.29) is 5.91 Å². The first kappa shape index (κ1) is 19.0. The van der Waals surface area contributed by atoms with Crippen LogP contribution >= 0.6 is 0 Å². The molecule has 0 spiro atoms. The standard InChI is InChI=1S/C18H23N3O3S/c1-13-6-11-17(14(2)12-13)19-18(22)15-7-9-16(10-8-15)21(5)25(23,24)20(3)4/h6-12H,1-5H3,(H,19,22). The summed E-state index contributed by atoms with van der Waals surface area (Å²) in [6.45, 7) is 3.93. The summed E-state index contributed by atoms with van der Waals surface area (Å²) in [4.78, 5) is 12.4. The van der Waals surface area contributed by atoms with Crippen LogP contribution in [-0.2, 0) is 10.2 Å². The lowest BCUT2D eigenvalue weighted by Gasteiger charge is -2.23. The van der Waals surface area contributed by atoms with E-state index in [1.54, 1.807) is 24.3 Å². The molecular weight excluding hydrogens is 338 g/mol. The number of anilines is 2. The third kappa shape index (κ3) is 4.18. The Hall–Kier alpha value is -2.38. The molecule has 0 saturated carbocycles. The molecule has 0 aliphatic carbocycles. The molecule has 1 N–H and O–H groups in total. The Morgan fingerprint density at radius 1 is 0.960 bits per heavy atom. The lowest BCUT2D eigenvalue weighted by molar-refractivity contribution is 0.102. The second-order valence-electron chi connectivity index (χ2n) is 6.08. The van der Waals surface area contributed by atoms with Gasteiger partial charge in [0.1, 0.15) is 0 Å². The molecule has 0 saturated heterocycles. The first-order valence-corrected chi connectivity index (χ1v) is 9.17. The average Bonchev–Trinajstić information content (AvgIpc) is 2.56. The van der Waals surface area contributed by atoms with Crippen LogP contribution in [0.15, 0.2) is 42.5 Å². The zero-order chi connectivity index (χ0) is 18.8. The number of amides is 1. The number of hydrogen-bond donors (Lipinski definition) is 1. The second kappa shape index (κ2) is 7.25. The van der Waals surface area contributed by atoms with E-state index in [4.69, 9.17) is 0 Å². The molecule has 2 aromatic carbocycles. The predicted octanol–water partition coefficient (Wildman–Crippen LogP) is 2.80. The van der Waals surface area contributed by atoms with E-state index in [2.05, 4.69) is 5.32 Å². The third-order valence-electron chi connectivity index (χ3n) is 3.93. The maximum Gasteiger partial charge on any atom is 0.303 e. The fourth-order valence-corrected chi connectivity index (χ4v) is 3.23. The summed E-state index contributed by atoms with van der Waals surface area (Å²) in [5.41, 5.74) is 3.81. The molecule has 7 heteroatoms. The van der Waals surface area contributed by atoms with E-state index in [0.717, 1.165) is 21.1 Å². The van der Waals surface area contributed by atoms with E-state index in [0.29, 0.717) is 11.3 Å². The fourth-order valence-electron chi connectivity index (χ4n) is 2.35. The molecule has 0 bridgehead atoms. The minimum Gasteiger partial charge on any atom is -0.322 e. The molecule has 6 nitrogen and oxygen atoms in total. The number of aryl methyl sites for hydroxylation is 2. The first-order valence-electron chi connectivity index (χ1n) is 7.78. The normalized spacial score (nSPS) is 11.4. The Labute approximate surface area is 149 Å². The SMILES string of the molecule is Cc1ccc(NC(=O)c2ccc(N(C)S(=O)(=O)N(C)C)cc2)c(C)c1. The highest BCUT2D eigenvalue weighted by atomic mass is 32.2. The number of benzene rings is 2. The highest BCUT2D eigenvalue weighted by Crippen LogP contribution is 2.20. The summed E-state index contributed by atoms with van der Waals surface area (Å²) >= 11 is 0. The molecule has 0 aliphatic heterocycles. The zero-order valence-electron chi connectivity index (χ0n) is 15.1. The van der Waals surface area contributed by atoms with Crippen molar-refractivity contribution in [3.63, 3.8) is 0 Å². The molecule has 0 radical (unpaired) electrons. The van der Waals surface area contributed by atoms with Gasteiger partial charge in [-0.1, -0.05) is 17.7 Å². The molecule has 25 heavy (non-hydrogen) atoms. The average molecular weight is 361 g/mol. The van der Waals surface area contributed by atoms with Crippen molar-refractivity contribution in [2.75, 3.05) is 30.8 Å². The van der Waals surface area contributed by atoms with Crippen LogP contribution < -0.4 is 9.62 Å². The highest BCUT2D eigenvalue weighted by Gasteiger charge is 2.21. The maximum absolute atomic E-state index is 12.4. The van der Waals surface area contributed by atoms with Gasteiger partial charge >= 0.3 is 10.2 Å². The molecule has 1 amide bonds. The van der Waals surface area contributed by atoms with Crippen molar-refractivity contribution in [1.29, 1.82) is 0 Å². The van der Waals surface area contributed by atoms with Crippen LogP contribution in [0.25, 0.3) is 0 Å². The molecule has 0 atom stereocenters. The summed E-state index contributed by atoms with van der Waals surface area (Å²) in [7, 11) is 0.857. The van der Waals surface area contributed by atoms with Gasteiger partial charge in [-0.25, -0.2) is 0 Å². The summed E-state index contributed by atoms with van der Waals surface area (Å²) in [6, 6.07) is 12.2. The molecule has 0 aliphatic rings. The van der Waals surface area contributed by atoms with Gasteiger partial charge in [0.05, 0.1) is 5.69 Å². The molecule has 2 rings (SSSR count). The highest BCUT2D eigenvalue weighted by molar-refractivity contribution is 7.90. The van der Waals surface area contributed by atoms with Crippen molar-refractivity contribution >= 4 is 27.5 Å². The molecule has 2 aromatic rings. The number of carbonyl (C=O) groups excluding carboxylic acids is 1. The van der Waals surface area contributed by atoms with Gasteiger partial charge in [-0.05, 0) is 49.7 Å². The molecule has 134 valence electrons. The van der Waals surface area contributed by atoms with Gasteiger partial charge in [0.2, 0.25) is 0 Å². The Bertz CT molecular complexity index is 875. The predicted molar refractivity (Wildman–Crippen MR) is 101 cm³/mol. The van der Waals surface area contributed by atoms with Crippen molar-refractivity contribution in [3.8, 4) is 0 Å². The van der Waals surface area contributed by atoms with Crippen molar-refractivity contribution in [3.05, 3.63) is 59.2 Å². The lowest BCUT2D eigenvalue weighted by Crippen LogP contribution is -2.37. The Morgan fingerprint density at radius 3 is 2.08 bits per heavy atom. The lowest BCUT2D eigenvalue weighted by atomic mass is 10.1. The maximum atomic E-state index is 12.4. The van der Waals surface area contributed by atoms with Gasteiger partial charge in [-0.2, -0.15) is 12.7 Å². The molecular formula is C18H23N3O3S. The number of hydrogen-bond acceptors (Lipinski definition) is 3. The topological polar surface area (TPSA) is 69.7 Å². The monoisotopic (exact) mass is 361 g/mol. The van der Waals surface area contributed by atoms with Crippen LogP contribution in [0.4, 0.5) is 11.4 Å². The van der Waals surface area contributed by atoms with Crippen molar-refractivity contribution in [2.45, 2.75) is 13.8 Å². The van der Waals surface area contributed by atoms with Crippen molar-refractivity contribution < 1.29 is 13.2 Å². The van der Waals surface area contributed by atoms with Crippen LogP contribution in [0.5, 0.6) is 0 Å². The molecule has 0 fully saturated rings. The van der Waals surface area contributed by atoms with Gasteiger partial charge in [0.25, 0.3) is 5.91 Å². The van der Waals surface area contributed by atoms with Gasteiger partial charge in [0.15, 0.2) is 0 Å². The van der Waals surface area contributed by atoms with Crippen LogP contribution in [0, 0.1) is 13.8 Å². The van der Waals surface area contributed by atoms with E-state index >= 15 is 0 Å². The Morgan fingerprint density at radius 2 is 1.56 bits per heavy atom. The van der Waals surface area contributed by atoms with Crippen LogP contribution in [-0.4, -0.2) is 39.8 Å². The number of nitrogens with zero attached hydrogens (tertiary/aromatic N) is 2. The quantitative estimate of drug-likeness (QED) is 0.890. The summed E-state index contributed by atoms with van der Waals surface area (Å²) in [5, 5.41) is 2.87. The van der Waals surface area contributed by atoms with Crippen LogP contribution in [0.3, 0.4) is 0 Å². The van der Waals surface area contributed by atoms with Gasteiger partial charge in [0, 0.05) is 32.4 Å². The Kier molecular flexibility index (Phi) is 5.49. The van der Waals surface area contributed by atoms with Gasteiger partial charge in [-0.3, -0.25) is 9.10 Å². The first-order chi connectivity index (χ1) is 11.6. The largest absolute Gasteiger partial charge is 0.322 e. The van der Waals surface area contributed by atoms with E-state index in [9.17, 15) is 13.2 Å². The summed E-state index contributed by atoms with van der Waals surface area (Å²) < 4.78 is 26.6. The minimum absolute atomic E-state index is 0.239. The van der Waals surface area contributed by atoms with Gasteiger partial charge < -0.3 is 5.32 Å². The van der Waals surface area contributed by atoms with E-state index in [1.807, 2.05) is 32.0 Å². The molecule has 0 aromatic heterocycles. The van der Waals surface area contributed by atoms with Crippen LogP contribution in [0.2, 0.25) is 0 Å². The van der Waals surface area contributed by atoms with Crippen molar-refractivity contribution in [2.24, 2.45) is 0 Å². The Balaban J connectivity index is 2.18. The smallest absolute Gasteiger partial charge is 0.303 e. The summed E-state index contributed by atoms with van der Waals surface area (Å²) in [5.74, 6) is -0.239. The molecule has 0 heterocycles. The number of rotatable bonds is 5. The number of nitrogens with one attached hydrogen (secondary N) is 1. The van der Waals surface area contributed by atoms with E-state index < -0.39 is 10.2 Å². The zero-order valence-corrected chi connectivity index (χ0v) is 15.9. The molecule has 0 unspecified atom stereocenters. The van der Waals surface area contributed by atoms with Crippen molar-refractivity contribution in [1.82, 2.24) is 4.31 Å². The number of carbonyl (C=O) groups is 1. The van der Waals surface area contributed by atoms with Crippen LogP contribution in [0.1, 0.15) is 21.5 Å². The van der Waals surface area contributed by atoms with E-state index in [1.165, 1.54) is 25.4 Å². The fraction of sp³-hybridized carbons (Fsp3) is 0.278.